The first-order chi connectivity index (χ1) is 17.5. The number of aromatic nitrogens is 2. The van der Waals surface area contributed by atoms with Gasteiger partial charge >= 0.3 is 0 Å². The summed E-state index contributed by atoms with van der Waals surface area (Å²) in [5.74, 6) is 0.664. The van der Waals surface area contributed by atoms with Crippen LogP contribution in [0.2, 0.25) is 0 Å². The summed E-state index contributed by atoms with van der Waals surface area (Å²) in [5.41, 5.74) is 7.28. The van der Waals surface area contributed by atoms with Gasteiger partial charge in [-0.05, 0) is 58.1 Å². The van der Waals surface area contributed by atoms with Crippen molar-refractivity contribution in [3.8, 4) is 5.75 Å². The Morgan fingerprint density at radius 1 is 1.19 bits per heavy atom. The summed E-state index contributed by atoms with van der Waals surface area (Å²) in [6, 6.07) is 5.56. The van der Waals surface area contributed by atoms with E-state index in [1.165, 1.54) is 0 Å². The van der Waals surface area contributed by atoms with E-state index in [2.05, 4.69) is 39.5 Å². The minimum absolute atomic E-state index is 0.111. The number of nitrogens with two attached hydrogens (primary N) is 1. The van der Waals surface area contributed by atoms with E-state index in [-0.39, 0.29) is 35.2 Å². The molecule has 2 amide bonds. The zero-order valence-electron chi connectivity index (χ0n) is 23.6. The molecule has 0 saturated carbocycles. The second-order valence-corrected chi connectivity index (χ2v) is 11.6. The Kier molecular flexibility index (Phi) is 9.58. The minimum Gasteiger partial charge on any atom is -0.497 e. The number of likely N-dealkylation sites (tertiary alicyclic amines) is 1. The van der Waals surface area contributed by atoms with Crippen molar-refractivity contribution in [2.45, 2.75) is 72.0 Å². The lowest BCUT2D eigenvalue weighted by molar-refractivity contribution is -0.125. The van der Waals surface area contributed by atoms with E-state index in [0.717, 1.165) is 29.6 Å². The SMILES string of the molecule is COCCCCn1c(C(=O)N(CC(C)C)[C@H]2C[C@@H](C(N)=O)CN(C(C)(C)C)C2)nc2ccc(OC)cc21. The number of methoxy groups -OCH3 is 2. The molecule has 1 saturated heterocycles. The van der Waals surface area contributed by atoms with Crippen molar-refractivity contribution in [1.29, 1.82) is 0 Å². The highest BCUT2D eigenvalue weighted by molar-refractivity contribution is 5.95. The highest BCUT2D eigenvalue weighted by atomic mass is 16.5. The first kappa shape index (κ1) is 28.9. The maximum absolute atomic E-state index is 14.3. The van der Waals surface area contributed by atoms with Gasteiger partial charge < -0.3 is 24.7 Å². The van der Waals surface area contributed by atoms with Gasteiger partial charge in [0.2, 0.25) is 5.91 Å². The fraction of sp³-hybridized carbons (Fsp3) is 0.679. The molecular weight excluding hydrogens is 470 g/mol. The maximum atomic E-state index is 14.3. The third kappa shape index (κ3) is 7.02. The van der Waals surface area contributed by atoms with Crippen LogP contribution in [-0.4, -0.2) is 83.2 Å². The second-order valence-electron chi connectivity index (χ2n) is 11.6. The summed E-state index contributed by atoms with van der Waals surface area (Å²) >= 11 is 0. The molecule has 1 aromatic carbocycles. The van der Waals surface area contributed by atoms with E-state index < -0.39 is 0 Å². The molecule has 0 unspecified atom stereocenters. The average molecular weight is 516 g/mol. The lowest BCUT2D eigenvalue weighted by Gasteiger charge is -2.47. The van der Waals surface area contributed by atoms with Crippen LogP contribution in [0.15, 0.2) is 18.2 Å². The van der Waals surface area contributed by atoms with Crippen LogP contribution in [0.5, 0.6) is 5.75 Å². The van der Waals surface area contributed by atoms with E-state index in [0.29, 0.717) is 45.0 Å². The number of ether oxygens (including phenoxy) is 2. The summed E-state index contributed by atoms with van der Waals surface area (Å²) < 4.78 is 12.7. The number of fused-ring (bicyclic) bond motifs is 1. The lowest BCUT2D eigenvalue weighted by atomic mass is 9.88. The number of hydrogen-bond donors (Lipinski definition) is 1. The number of aryl methyl sites for hydroxylation is 1. The molecule has 0 radical (unpaired) electrons. The predicted molar refractivity (Wildman–Crippen MR) is 146 cm³/mol. The molecule has 1 aromatic heterocycles. The normalized spacial score (nSPS) is 18.9. The number of hydrogen-bond acceptors (Lipinski definition) is 6. The van der Waals surface area contributed by atoms with E-state index in [9.17, 15) is 9.59 Å². The number of carbonyl (C=O) groups is 2. The molecule has 37 heavy (non-hydrogen) atoms. The van der Waals surface area contributed by atoms with E-state index >= 15 is 0 Å². The van der Waals surface area contributed by atoms with Crippen LogP contribution in [0.3, 0.4) is 0 Å². The van der Waals surface area contributed by atoms with Crippen molar-refractivity contribution in [2.75, 3.05) is 40.5 Å². The third-order valence-electron chi connectivity index (χ3n) is 7.17. The van der Waals surface area contributed by atoms with Crippen molar-refractivity contribution in [2.24, 2.45) is 17.6 Å². The van der Waals surface area contributed by atoms with Gasteiger partial charge in [0, 0.05) is 57.5 Å². The lowest BCUT2D eigenvalue weighted by Crippen LogP contribution is -2.59. The molecule has 1 aliphatic heterocycles. The Labute approximate surface area is 221 Å². The molecule has 9 nitrogen and oxygen atoms in total. The van der Waals surface area contributed by atoms with E-state index in [4.69, 9.17) is 20.2 Å². The van der Waals surface area contributed by atoms with Crippen molar-refractivity contribution < 1.29 is 19.1 Å². The average Bonchev–Trinajstić information content (AvgIpc) is 3.21. The van der Waals surface area contributed by atoms with Crippen molar-refractivity contribution in [1.82, 2.24) is 19.4 Å². The predicted octanol–water partition coefficient (Wildman–Crippen LogP) is 3.54. The van der Waals surface area contributed by atoms with Crippen LogP contribution >= 0.6 is 0 Å². The Morgan fingerprint density at radius 2 is 1.92 bits per heavy atom. The Bertz CT molecular complexity index is 1070. The van der Waals surface area contributed by atoms with Gasteiger partial charge in [-0.3, -0.25) is 14.5 Å². The van der Waals surface area contributed by atoms with Crippen LogP contribution in [-0.2, 0) is 16.1 Å². The molecule has 2 aromatic rings. The number of primary amides is 1. The molecule has 1 fully saturated rings. The van der Waals surface area contributed by atoms with Gasteiger partial charge in [0.15, 0.2) is 5.82 Å². The number of piperidine rings is 1. The smallest absolute Gasteiger partial charge is 0.290 e. The number of imidazole rings is 1. The summed E-state index contributed by atoms with van der Waals surface area (Å²) in [4.78, 5) is 35.6. The zero-order chi connectivity index (χ0) is 27.3. The molecule has 0 aliphatic carbocycles. The van der Waals surface area contributed by atoms with Crippen LogP contribution < -0.4 is 10.5 Å². The fourth-order valence-electron chi connectivity index (χ4n) is 5.11. The van der Waals surface area contributed by atoms with Crippen molar-refractivity contribution in [3.63, 3.8) is 0 Å². The van der Waals surface area contributed by atoms with Gasteiger partial charge in [-0.2, -0.15) is 0 Å². The molecule has 2 N–H and O–H groups in total. The highest BCUT2D eigenvalue weighted by Crippen LogP contribution is 2.29. The molecule has 1 aliphatic rings. The van der Waals surface area contributed by atoms with Crippen LogP contribution in [0.4, 0.5) is 0 Å². The quantitative estimate of drug-likeness (QED) is 0.459. The highest BCUT2D eigenvalue weighted by Gasteiger charge is 2.40. The van der Waals surface area contributed by atoms with Gasteiger partial charge in [-0.1, -0.05) is 13.8 Å². The topological polar surface area (TPSA) is 103 Å². The number of carbonyl (C=O) groups excluding carboxylic acids is 2. The number of benzene rings is 1. The molecular formula is C28H45N5O4. The Hall–Kier alpha value is -2.65. The molecule has 2 atom stereocenters. The molecule has 9 heteroatoms. The number of nitrogens with zero attached hydrogens (tertiary/aromatic N) is 4. The van der Waals surface area contributed by atoms with E-state index in [1.54, 1.807) is 14.2 Å². The Morgan fingerprint density at radius 3 is 2.51 bits per heavy atom. The molecule has 206 valence electrons. The van der Waals surface area contributed by atoms with Crippen molar-refractivity contribution in [3.05, 3.63) is 24.0 Å². The van der Waals surface area contributed by atoms with Gasteiger partial charge in [0.25, 0.3) is 5.91 Å². The number of amides is 2. The van der Waals surface area contributed by atoms with Crippen molar-refractivity contribution >= 4 is 22.8 Å². The largest absolute Gasteiger partial charge is 0.497 e. The monoisotopic (exact) mass is 515 g/mol. The first-order valence-electron chi connectivity index (χ1n) is 13.3. The van der Waals surface area contributed by atoms with Crippen LogP contribution in [0.25, 0.3) is 11.0 Å². The summed E-state index contributed by atoms with van der Waals surface area (Å²) in [6.45, 7) is 13.8. The standard InChI is InChI=1S/C28H45N5O4/c1-19(2)16-33(21-14-20(25(29)34)17-31(18-21)28(3,4)5)27(35)26-30-23-11-10-22(37-7)15-24(23)32(26)12-8-9-13-36-6/h10-11,15,19-21H,8-9,12-14,16-18H2,1-7H3,(H2,29,34)/t20-,21+/m1/s1. The molecule has 2 heterocycles. The first-order valence-corrected chi connectivity index (χ1v) is 13.3. The summed E-state index contributed by atoms with van der Waals surface area (Å²) in [7, 11) is 3.33. The van der Waals surface area contributed by atoms with Gasteiger partial charge in [0.1, 0.15) is 5.75 Å². The fourth-order valence-corrected chi connectivity index (χ4v) is 5.11. The number of rotatable bonds is 11. The minimum atomic E-state index is -0.312. The van der Waals surface area contributed by atoms with Crippen LogP contribution in [0.1, 0.15) is 64.5 Å². The van der Waals surface area contributed by atoms with Gasteiger partial charge in [-0.15, -0.1) is 0 Å². The third-order valence-corrected chi connectivity index (χ3v) is 7.17. The molecule has 0 spiro atoms. The Balaban J connectivity index is 2.03. The maximum Gasteiger partial charge on any atom is 0.290 e. The molecule has 0 bridgehead atoms. The van der Waals surface area contributed by atoms with Gasteiger partial charge in [0.05, 0.1) is 24.1 Å². The second kappa shape index (κ2) is 12.3. The zero-order valence-corrected chi connectivity index (χ0v) is 23.6. The van der Waals surface area contributed by atoms with Gasteiger partial charge in [-0.25, -0.2) is 4.98 Å². The van der Waals surface area contributed by atoms with Crippen LogP contribution in [0, 0.1) is 11.8 Å². The molecule has 3 rings (SSSR count). The summed E-state index contributed by atoms with van der Waals surface area (Å²) in [6.07, 6.45) is 2.29. The summed E-state index contributed by atoms with van der Waals surface area (Å²) in [5, 5.41) is 0. The van der Waals surface area contributed by atoms with E-state index in [1.807, 2.05) is 27.7 Å². The number of unbranched alkanes of at least 4 members (excludes halogenated alkanes) is 1.